The molecule has 1 unspecified atom stereocenters. The van der Waals surface area contributed by atoms with Crippen LogP contribution in [0.4, 0.5) is 0 Å². The van der Waals surface area contributed by atoms with Crippen molar-refractivity contribution in [1.29, 1.82) is 0 Å². The molecule has 1 atom stereocenters. The van der Waals surface area contributed by atoms with Gasteiger partial charge in [-0.2, -0.15) is 0 Å². The lowest BCUT2D eigenvalue weighted by atomic mass is 9.92. The lowest BCUT2D eigenvalue weighted by molar-refractivity contribution is -0.142. The highest BCUT2D eigenvalue weighted by molar-refractivity contribution is 6.46. The number of likely N-dealkylation sites (tertiary alicyclic amines) is 1. The van der Waals surface area contributed by atoms with E-state index < -0.39 is 17.7 Å². The zero-order valence-corrected chi connectivity index (χ0v) is 19.9. The summed E-state index contributed by atoms with van der Waals surface area (Å²) in [4.78, 5) is 28.2. The Bertz CT molecular complexity index is 1070. The fourth-order valence-corrected chi connectivity index (χ4v) is 5.05. The molecule has 1 saturated carbocycles. The molecule has 1 amide bonds. The van der Waals surface area contributed by atoms with Crippen molar-refractivity contribution in [3.8, 4) is 5.75 Å². The van der Waals surface area contributed by atoms with Crippen molar-refractivity contribution in [2.45, 2.75) is 77.8 Å². The molecule has 6 heteroatoms. The molecular formula is C27H33NO5. The zero-order chi connectivity index (χ0) is 23.7. The summed E-state index contributed by atoms with van der Waals surface area (Å²) in [5.41, 5.74) is 1.53. The Morgan fingerprint density at radius 2 is 1.88 bits per heavy atom. The van der Waals surface area contributed by atoms with Gasteiger partial charge < -0.3 is 19.2 Å². The number of benzene rings is 1. The van der Waals surface area contributed by atoms with E-state index in [2.05, 4.69) is 13.8 Å². The smallest absolute Gasteiger partial charge is 0.296 e. The highest BCUT2D eigenvalue weighted by Crippen LogP contribution is 2.44. The maximum Gasteiger partial charge on any atom is 0.296 e. The van der Waals surface area contributed by atoms with Gasteiger partial charge >= 0.3 is 0 Å². The van der Waals surface area contributed by atoms with Crippen LogP contribution in [0.2, 0.25) is 0 Å². The third-order valence-corrected chi connectivity index (χ3v) is 6.68. The highest BCUT2D eigenvalue weighted by Gasteiger charge is 2.50. The number of rotatable bonds is 6. The normalized spacial score (nSPS) is 21.2. The van der Waals surface area contributed by atoms with Crippen molar-refractivity contribution < 1.29 is 23.8 Å². The molecule has 1 aliphatic carbocycles. The van der Waals surface area contributed by atoms with Crippen LogP contribution >= 0.6 is 0 Å². The summed E-state index contributed by atoms with van der Waals surface area (Å²) in [6.07, 6.45) is 4.88. The minimum Gasteiger partial charge on any atom is -0.507 e. The Hall–Kier alpha value is -3.02. The summed E-state index contributed by atoms with van der Waals surface area (Å²) >= 11 is 0. The Balaban J connectivity index is 1.85. The van der Waals surface area contributed by atoms with Crippen molar-refractivity contribution >= 4 is 17.4 Å². The molecule has 1 aromatic heterocycles. The van der Waals surface area contributed by atoms with E-state index in [9.17, 15) is 14.7 Å². The number of ether oxygens (including phenoxy) is 1. The predicted molar refractivity (Wildman–Crippen MR) is 126 cm³/mol. The predicted octanol–water partition coefficient (Wildman–Crippen LogP) is 5.86. The maximum atomic E-state index is 13.3. The number of hydrogen-bond donors (Lipinski definition) is 1. The molecule has 33 heavy (non-hydrogen) atoms. The summed E-state index contributed by atoms with van der Waals surface area (Å²) in [6, 6.07) is 8.26. The van der Waals surface area contributed by atoms with Gasteiger partial charge in [0.2, 0.25) is 0 Å². The summed E-state index contributed by atoms with van der Waals surface area (Å²) < 4.78 is 11.6. The molecule has 0 bridgehead atoms. The molecule has 2 aromatic rings. The number of furan rings is 1. The van der Waals surface area contributed by atoms with Crippen molar-refractivity contribution in [2.24, 2.45) is 0 Å². The number of nitrogens with zero attached hydrogens (tertiary/aromatic N) is 1. The van der Waals surface area contributed by atoms with Gasteiger partial charge in [0.25, 0.3) is 11.7 Å². The van der Waals surface area contributed by atoms with Crippen LogP contribution < -0.4 is 4.74 Å². The fourth-order valence-electron chi connectivity index (χ4n) is 5.05. The molecule has 1 saturated heterocycles. The van der Waals surface area contributed by atoms with Crippen molar-refractivity contribution in [2.75, 3.05) is 6.61 Å². The molecule has 6 nitrogen and oxygen atoms in total. The monoisotopic (exact) mass is 451 g/mol. The highest BCUT2D eigenvalue weighted by atomic mass is 16.5. The van der Waals surface area contributed by atoms with Crippen LogP contribution in [-0.2, 0) is 9.59 Å². The molecule has 176 valence electrons. The van der Waals surface area contributed by atoms with Crippen molar-refractivity contribution in [1.82, 2.24) is 4.90 Å². The number of Topliss-reactive ketones (excluding diaryl/α,β-unsaturated/α-hetero) is 1. The molecule has 0 radical (unpaired) electrons. The number of carbonyl (C=O) groups excluding carboxylic acids is 2. The zero-order valence-electron chi connectivity index (χ0n) is 19.9. The largest absolute Gasteiger partial charge is 0.507 e. The van der Waals surface area contributed by atoms with Crippen LogP contribution in [0.5, 0.6) is 5.75 Å². The van der Waals surface area contributed by atoms with E-state index >= 15 is 0 Å². The number of hydrogen-bond acceptors (Lipinski definition) is 5. The average molecular weight is 452 g/mol. The molecule has 1 N–H and O–H groups in total. The minimum atomic E-state index is -0.726. The molecule has 2 fully saturated rings. The Labute approximate surface area is 195 Å². The van der Waals surface area contributed by atoms with Gasteiger partial charge in [-0.25, -0.2) is 0 Å². The average Bonchev–Trinajstić information content (AvgIpc) is 3.35. The molecule has 4 rings (SSSR count). The third-order valence-electron chi connectivity index (χ3n) is 6.68. The van der Waals surface area contributed by atoms with Gasteiger partial charge in [-0.3, -0.25) is 9.59 Å². The second-order valence-corrected chi connectivity index (χ2v) is 9.29. The van der Waals surface area contributed by atoms with Gasteiger partial charge in [-0.1, -0.05) is 33.1 Å². The lowest BCUT2D eigenvalue weighted by Gasteiger charge is -2.34. The SMILES string of the molecule is CCOc1ccc(/C(O)=C2/C(=O)C(=O)N(C3CCCCC3)C2c2ccc(C)o2)cc1C(C)C. The van der Waals surface area contributed by atoms with Crippen LogP contribution in [0, 0.1) is 6.92 Å². The second kappa shape index (κ2) is 9.46. The minimum absolute atomic E-state index is 0.0394. The summed E-state index contributed by atoms with van der Waals surface area (Å²) in [6.45, 7) is 8.40. The number of amides is 1. The van der Waals surface area contributed by atoms with Gasteiger partial charge in [0.05, 0.1) is 12.2 Å². The van der Waals surface area contributed by atoms with Gasteiger partial charge in [0.1, 0.15) is 29.1 Å². The van der Waals surface area contributed by atoms with Gasteiger partial charge in [-0.05, 0) is 68.5 Å². The van der Waals surface area contributed by atoms with E-state index in [0.717, 1.165) is 43.4 Å². The number of aryl methyl sites for hydroxylation is 1. The van der Waals surface area contributed by atoms with E-state index in [0.29, 0.717) is 23.7 Å². The lowest BCUT2D eigenvalue weighted by Crippen LogP contribution is -2.40. The first-order chi connectivity index (χ1) is 15.8. The first kappa shape index (κ1) is 23.1. The maximum absolute atomic E-state index is 13.3. The Morgan fingerprint density at radius 3 is 2.48 bits per heavy atom. The Morgan fingerprint density at radius 1 is 1.15 bits per heavy atom. The van der Waals surface area contributed by atoms with Crippen molar-refractivity contribution in [3.63, 3.8) is 0 Å². The molecule has 2 aliphatic rings. The number of carbonyl (C=O) groups is 2. The van der Waals surface area contributed by atoms with Crippen LogP contribution in [0.1, 0.15) is 87.5 Å². The molecule has 0 spiro atoms. The third kappa shape index (κ3) is 4.31. The van der Waals surface area contributed by atoms with Crippen LogP contribution in [0.15, 0.2) is 40.3 Å². The quantitative estimate of drug-likeness (QED) is 0.338. The molecule has 1 aromatic carbocycles. The number of aliphatic hydroxyl groups is 1. The standard InChI is InChI=1S/C27H33NO5/c1-5-32-21-14-12-18(15-20(21)16(2)3)25(29)23-24(22-13-11-17(4)33-22)28(27(31)26(23)30)19-9-7-6-8-10-19/h11-16,19,24,29H,5-10H2,1-4H3/b25-23-. The van der Waals surface area contributed by atoms with Crippen molar-refractivity contribution in [3.05, 3.63) is 58.6 Å². The summed E-state index contributed by atoms with van der Waals surface area (Å²) in [7, 11) is 0. The van der Waals surface area contributed by atoms with E-state index in [1.54, 1.807) is 17.0 Å². The van der Waals surface area contributed by atoms with Gasteiger partial charge in [0.15, 0.2) is 0 Å². The fraction of sp³-hybridized carbons (Fsp3) is 0.481. The number of ketones is 1. The molecular weight excluding hydrogens is 418 g/mol. The summed E-state index contributed by atoms with van der Waals surface area (Å²) in [5.74, 6) is 0.735. The van der Waals surface area contributed by atoms with E-state index in [4.69, 9.17) is 9.15 Å². The first-order valence-electron chi connectivity index (χ1n) is 12.0. The second-order valence-electron chi connectivity index (χ2n) is 9.29. The van der Waals surface area contributed by atoms with Crippen LogP contribution in [-0.4, -0.2) is 34.3 Å². The van der Waals surface area contributed by atoms with Gasteiger partial charge in [0, 0.05) is 11.6 Å². The van der Waals surface area contributed by atoms with E-state index in [-0.39, 0.29) is 23.3 Å². The first-order valence-corrected chi connectivity index (χ1v) is 12.0. The van der Waals surface area contributed by atoms with Gasteiger partial charge in [-0.15, -0.1) is 0 Å². The molecule has 2 heterocycles. The molecule has 1 aliphatic heterocycles. The number of aliphatic hydroxyl groups excluding tert-OH is 1. The van der Waals surface area contributed by atoms with Crippen LogP contribution in [0.3, 0.4) is 0 Å². The topological polar surface area (TPSA) is 80.0 Å². The van der Waals surface area contributed by atoms with Crippen LogP contribution in [0.25, 0.3) is 5.76 Å². The van der Waals surface area contributed by atoms with E-state index in [1.165, 1.54) is 0 Å². The summed E-state index contributed by atoms with van der Waals surface area (Å²) in [5, 5.41) is 11.4. The van der Waals surface area contributed by atoms with E-state index in [1.807, 2.05) is 32.0 Å². The Kier molecular flexibility index (Phi) is 6.63.